The van der Waals surface area contributed by atoms with E-state index in [0.717, 1.165) is 0 Å². The van der Waals surface area contributed by atoms with E-state index < -0.39 is 5.09 Å². The molecular formula is H19N7O3Zn. The van der Waals surface area contributed by atoms with Gasteiger partial charge in [0.15, 0.2) is 0 Å². The molecule has 0 heterocycles. The van der Waals surface area contributed by atoms with Crippen LogP contribution in [0.25, 0.3) is 0 Å². The Hall–Kier alpha value is -0.417. The first-order valence-corrected chi connectivity index (χ1v) is 0.565. The molecule has 10 nitrogen and oxygen atoms in total. The van der Waals surface area contributed by atoms with Crippen molar-refractivity contribution in [1.82, 2.24) is 36.9 Å². The topological polar surface area (TPSA) is 273 Å². The summed E-state index contributed by atoms with van der Waals surface area (Å²) in [5, 5.41) is 13.6. The molecule has 0 aliphatic rings. The quantitative estimate of drug-likeness (QED) is 0.174. The Bertz CT molecular complexity index is 36.7. The van der Waals surface area contributed by atoms with Gasteiger partial charge in [-0.3, -0.25) is 0 Å². The molecule has 0 aromatic heterocycles. The van der Waals surface area contributed by atoms with Gasteiger partial charge in [0.1, 0.15) is 0 Å². The largest absolute Gasteiger partial charge is 0.344 e. The first-order chi connectivity index (χ1) is 1.73. The van der Waals surface area contributed by atoms with E-state index in [0.29, 0.717) is 0 Å². The summed E-state index contributed by atoms with van der Waals surface area (Å²) in [4.78, 5) is 8.36. The number of nitrogens with zero attached hydrogens (tertiary/aromatic N) is 1. The van der Waals surface area contributed by atoms with Crippen LogP contribution in [0.4, 0.5) is 0 Å². The van der Waals surface area contributed by atoms with Crippen molar-refractivity contribution in [3.63, 3.8) is 0 Å². The van der Waals surface area contributed by atoms with Gasteiger partial charge in [-0.05, 0) is 0 Å². The first kappa shape index (κ1) is 146. The van der Waals surface area contributed by atoms with E-state index in [1.807, 2.05) is 0 Å². The van der Waals surface area contributed by atoms with Gasteiger partial charge in [-0.15, -0.1) is 10.1 Å². The van der Waals surface area contributed by atoms with Gasteiger partial charge < -0.3 is 42.1 Å². The summed E-state index contributed by atoms with van der Waals surface area (Å²) in [6.45, 7) is 0. The minimum absolute atomic E-state index is 0. The van der Waals surface area contributed by atoms with Gasteiger partial charge in [0.2, 0.25) is 0 Å². The molecule has 0 saturated carbocycles. The van der Waals surface area contributed by atoms with Gasteiger partial charge in [-0.1, -0.05) is 0 Å². The molecule has 0 radical (unpaired) electrons. The van der Waals surface area contributed by atoms with Crippen molar-refractivity contribution < 1.29 is 29.8 Å². The molecule has 0 rings (SSSR count). The maximum Gasteiger partial charge on any atom is 0.291 e. The third-order valence-electron chi connectivity index (χ3n) is 0. The van der Waals surface area contributed by atoms with E-state index >= 15 is 0 Å². The molecule has 0 atom stereocenters. The van der Waals surface area contributed by atoms with Gasteiger partial charge in [-0.25, -0.2) is 0 Å². The van der Waals surface area contributed by atoms with Gasteiger partial charge in [0, 0.05) is 19.5 Å². The summed E-state index contributed by atoms with van der Waals surface area (Å²) in [6.07, 6.45) is 0. The van der Waals surface area contributed by atoms with Gasteiger partial charge in [0.25, 0.3) is 5.09 Å². The predicted octanol–water partition coefficient (Wildman–Crippen LogP) is 0.622. The van der Waals surface area contributed by atoms with Crippen molar-refractivity contribution in [1.29, 1.82) is 0 Å². The molecule has 74 valence electrons. The smallest absolute Gasteiger partial charge is 0.291 e. The Morgan fingerprint density at radius 3 is 0.909 bits per heavy atom. The zero-order valence-corrected chi connectivity index (χ0v) is 9.63. The van der Waals surface area contributed by atoms with Crippen LogP contribution in [0.1, 0.15) is 0 Å². The maximum atomic E-state index is 8.36. The van der Waals surface area contributed by atoms with Gasteiger partial charge in [0.05, 0.1) is 0 Å². The minimum Gasteiger partial charge on any atom is -0.344 e. The van der Waals surface area contributed by atoms with E-state index in [2.05, 4.69) is 0 Å². The van der Waals surface area contributed by atoms with E-state index in [9.17, 15) is 0 Å². The molecule has 0 bridgehead atoms. The summed E-state index contributed by atoms with van der Waals surface area (Å²) in [7, 11) is 0. The number of hydrogen-bond donors (Lipinski definition) is 7. The Balaban J connectivity index is -0.00000000214. The Morgan fingerprint density at radius 2 is 0.909 bits per heavy atom. The molecule has 19 N–H and O–H groups in total. The van der Waals surface area contributed by atoms with E-state index in [-0.39, 0.29) is 56.4 Å². The molecule has 11 heavy (non-hydrogen) atoms. The van der Waals surface area contributed by atoms with Crippen molar-refractivity contribution in [3.05, 3.63) is 10.1 Å². The van der Waals surface area contributed by atoms with E-state index in [1.165, 1.54) is 0 Å². The third-order valence-corrected chi connectivity index (χ3v) is 0. The Labute approximate surface area is 77.5 Å². The summed E-state index contributed by atoms with van der Waals surface area (Å²) < 4.78 is 0. The van der Waals surface area contributed by atoms with E-state index in [4.69, 9.17) is 15.3 Å². The molecular weight excluding hydrogens is 211 g/mol. The van der Waals surface area contributed by atoms with Crippen LogP contribution in [-0.2, 0) is 19.5 Å². The first-order valence-electron chi connectivity index (χ1n) is 0.565. The zero-order chi connectivity index (χ0) is 3.58. The van der Waals surface area contributed by atoms with Crippen LogP contribution in [0.3, 0.4) is 0 Å². The average Bonchev–Trinajstić information content (AvgIpc) is 0.811. The van der Waals surface area contributed by atoms with Crippen LogP contribution in [-0.4, -0.2) is 10.3 Å². The average molecular weight is 231 g/mol. The molecule has 0 aliphatic carbocycles. The minimum atomic E-state index is -1.50. The molecule has 0 aromatic rings. The SMILES string of the molecule is N.N.N.N.N.N.O=[N+]([O-])O.[Zn]. The molecule has 0 amide bonds. The molecule has 0 fully saturated rings. The van der Waals surface area contributed by atoms with Crippen molar-refractivity contribution in [2.24, 2.45) is 0 Å². The standard InChI is InChI=1S/HNO3.6H3N.Zn/c2-1(3)4;;;;;;;/h(H,2,3,4);6*1H3;. The molecule has 0 aliphatic heterocycles. The maximum absolute atomic E-state index is 8.36. The second-order valence-corrected chi connectivity index (χ2v) is 0.238. The van der Waals surface area contributed by atoms with Crippen LogP contribution >= 0.6 is 0 Å². The molecule has 0 unspecified atom stereocenters. The van der Waals surface area contributed by atoms with Crippen molar-refractivity contribution in [2.45, 2.75) is 0 Å². The molecule has 0 aromatic carbocycles. The molecule has 0 saturated heterocycles. The monoisotopic (exact) mass is 229 g/mol. The second kappa shape index (κ2) is 106. The fourth-order valence-electron chi connectivity index (χ4n) is 0. The Morgan fingerprint density at radius 1 is 0.909 bits per heavy atom. The van der Waals surface area contributed by atoms with Gasteiger partial charge in [-0.2, -0.15) is 0 Å². The summed E-state index contributed by atoms with van der Waals surface area (Å²) >= 11 is 0. The van der Waals surface area contributed by atoms with Crippen LogP contribution < -0.4 is 36.9 Å². The second-order valence-electron chi connectivity index (χ2n) is 0.238. The van der Waals surface area contributed by atoms with Crippen molar-refractivity contribution >= 4 is 0 Å². The predicted molar refractivity (Wildman–Crippen MR) is 38.9 cm³/mol. The number of hydrogen-bond acceptors (Lipinski definition) is 8. The van der Waals surface area contributed by atoms with Crippen LogP contribution in [0.2, 0.25) is 0 Å². The summed E-state index contributed by atoms with van der Waals surface area (Å²) in [5.41, 5.74) is 0. The fraction of sp³-hybridized carbons (Fsp3) is 0. The zero-order valence-electron chi connectivity index (χ0n) is 6.66. The summed E-state index contributed by atoms with van der Waals surface area (Å²) in [5.74, 6) is 0. The molecule has 0 spiro atoms. The Kier molecular flexibility index (Phi) is 1400. The van der Waals surface area contributed by atoms with Crippen LogP contribution in [0.5, 0.6) is 0 Å². The molecule has 11 heteroatoms. The van der Waals surface area contributed by atoms with Crippen molar-refractivity contribution in [3.8, 4) is 0 Å². The van der Waals surface area contributed by atoms with Crippen molar-refractivity contribution in [2.75, 3.05) is 0 Å². The van der Waals surface area contributed by atoms with E-state index in [1.54, 1.807) is 0 Å². The van der Waals surface area contributed by atoms with Gasteiger partial charge >= 0.3 is 0 Å². The summed E-state index contributed by atoms with van der Waals surface area (Å²) in [6, 6.07) is 0. The number of rotatable bonds is 0. The third kappa shape index (κ3) is 3180. The van der Waals surface area contributed by atoms with Crippen LogP contribution in [0, 0.1) is 10.1 Å². The normalized spacial score (nSPS) is 2.18. The van der Waals surface area contributed by atoms with Crippen LogP contribution in [0.15, 0.2) is 0 Å². The fourth-order valence-corrected chi connectivity index (χ4v) is 0.